The van der Waals surface area contributed by atoms with Crippen molar-refractivity contribution in [3.05, 3.63) is 66.4 Å². The predicted molar refractivity (Wildman–Crippen MR) is 120 cm³/mol. The van der Waals surface area contributed by atoms with Crippen molar-refractivity contribution in [1.82, 2.24) is 30.0 Å². The quantitative estimate of drug-likeness (QED) is 0.589. The number of aromatic nitrogens is 4. The number of nitrogens with zero attached hydrogens (tertiary/aromatic N) is 5. The molecule has 0 saturated heterocycles. The van der Waals surface area contributed by atoms with E-state index in [1.165, 1.54) is 4.90 Å². The molecule has 32 heavy (non-hydrogen) atoms. The van der Waals surface area contributed by atoms with Gasteiger partial charge in [0.15, 0.2) is 0 Å². The molecule has 0 aliphatic carbocycles. The summed E-state index contributed by atoms with van der Waals surface area (Å²) >= 11 is 0. The van der Waals surface area contributed by atoms with Gasteiger partial charge in [-0.1, -0.05) is 30.3 Å². The van der Waals surface area contributed by atoms with Crippen LogP contribution in [0.15, 0.2) is 55.0 Å². The largest absolute Gasteiger partial charge is 0.465 e. The molecule has 2 heterocycles. The molecular weight excluding hydrogens is 408 g/mol. The normalized spacial score (nSPS) is 12.2. The highest BCUT2D eigenvalue weighted by Crippen LogP contribution is 2.17. The topological polar surface area (TPSA) is 113 Å². The van der Waals surface area contributed by atoms with Crippen molar-refractivity contribution in [2.45, 2.75) is 38.8 Å². The van der Waals surface area contributed by atoms with Crippen LogP contribution in [0, 0.1) is 0 Å². The Labute approximate surface area is 187 Å². The van der Waals surface area contributed by atoms with Crippen molar-refractivity contribution >= 4 is 12.0 Å². The maximum atomic E-state index is 12.9. The van der Waals surface area contributed by atoms with E-state index in [2.05, 4.69) is 20.4 Å². The average molecular weight is 437 g/mol. The molecule has 0 aliphatic heterocycles. The second-order valence-corrected chi connectivity index (χ2v) is 8.56. The van der Waals surface area contributed by atoms with Crippen LogP contribution in [0.1, 0.15) is 37.0 Å². The summed E-state index contributed by atoms with van der Waals surface area (Å²) in [7, 11) is 1.81. The summed E-state index contributed by atoms with van der Waals surface area (Å²) in [6.07, 6.45) is 4.25. The number of amides is 2. The van der Waals surface area contributed by atoms with Gasteiger partial charge in [0.05, 0.1) is 11.7 Å². The Morgan fingerprint density at radius 1 is 1.12 bits per heavy atom. The van der Waals surface area contributed by atoms with Crippen LogP contribution in [0.25, 0.3) is 11.3 Å². The number of aryl methyl sites for hydroxylation is 1. The summed E-state index contributed by atoms with van der Waals surface area (Å²) < 4.78 is 1.70. The Bertz CT molecular complexity index is 1060. The predicted octanol–water partition coefficient (Wildman–Crippen LogP) is 3.00. The summed E-state index contributed by atoms with van der Waals surface area (Å²) in [6, 6.07) is 11.0. The highest BCUT2D eigenvalue weighted by molar-refractivity contribution is 5.90. The van der Waals surface area contributed by atoms with Crippen LogP contribution in [0.3, 0.4) is 0 Å². The van der Waals surface area contributed by atoms with Crippen LogP contribution in [-0.2, 0) is 13.5 Å². The lowest BCUT2D eigenvalue weighted by molar-refractivity contribution is 0.0816. The van der Waals surface area contributed by atoms with Crippen molar-refractivity contribution < 1.29 is 14.7 Å². The van der Waals surface area contributed by atoms with Gasteiger partial charge in [0.2, 0.25) is 5.82 Å². The summed E-state index contributed by atoms with van der Waals surface area (Å²) in [4.78, 5) is 34.5. The number of carboxylic acid groups (broad SMARTS) is 1. The summed E-state index contributed by atoms with van der Waals surface area (Å²) in [6.45, 7) is 5.60. The van der Waals surface area contributed by atoms with Crippen LogP contribution in [0.2, 0.25) is 0 Å². The van der Waals surface area contributed by atoms with E-state index in [0.717, 1.165) is 16.8 Å². The van der Waals surface area contributed by atoms with Crippen LogP contribution in [-0.4, -0.2) is 59.9 Å². The fraction of sp³-hybridized carbons (Fsp3) is 0.348. The summed E-state index contributed by atoms with van der Waals surface area (Å²) in [5.74, 6) is -0.437. The van der Waals surface area contributed by atoms with Crippen molar-refractivity contribution in [3.8, 4) is 11.3 Å². The molecule has 2 aromatic heterocycles. The first-order valence-electron chi connectivity index (χ1n) is 10.3. The summed E-state index contributed by atoms with van der Waals surface area (Å²) in [5.41, 5.74) is 1.95. The van der Waals surface area contributed by atoms with Crippen LogP contribution < -0.4 is 5.32 Å². The Morgan fingerprint density at radius 3 is 2.31 bits per heavy atom. The van der Waals surface area contributed by atoms with Gasteiger partial charge in [-0.25, -0.2) is 14.8 Å². The molecule has 1 unspecified atom stereocenters. The van der Waals surface area contributed by atoms with E-state index >= 15 is 0 Å². The van der Waals surface area contributed by atoms with Gasteiger partial charge in [-0.2, -0.15) is 5.10 Å². The first-order valence-corrected chi connectivity index (χ1v) is 10.3. The van der Waals surface area contributed by atoms with Crippen LogP contribution in [0.4, 0.5) is 4.79 Å². The molecule has 3 aromatic rings. The smallest absolute Gasteiger partial charge is 0.407 e. The standard InChI is InChI=1S/C23H28N6O3/c1-23(2,3)29(22(31)32)15-18(12-16-8-6-5-7-9-16)27-21(30)20-24-13-17(14-25-20)19-10-11-26-28(19)4/h5-11,13-14,18H,12,15H2,1-4H3,(H,27,30)(H,31,32). The lowest BCUT2D eigenvalue weighted by Gasteiger charge is -2.36. The molecule has 0 bridgehead atoms. The van der Waals surface area contributed by atoms with Crippen molar-refractivity contribution in [2.75, 3.05) is 6.54 Å². The average Bonchev–Trinajstić information content (AvgIpc) is 3.17. The number of rotatable bonds is 7. The van der Waals surface area contributed by atoms with Crippen molar-refractivity contribution in [1.29, 1.82) is 0 Å². The third-order valence-corrected chi connectivity index (χ3v) is 5.08. The molecule has 2 amide bonds. The number of nitrogens with one attached hydrogen (secondary N) is 1. The van der Waals surface area contributed by atoms with Crippen LogP contribution in [0.5, 0.6) is 0 Å². The molecule has 3 rings (SSSR count). The van der Waals surface area contributed by atoms with Gasteiger partial charge in [-0.15, -0.1) is 0 Å². The highest BCUT2D eigenvalue weighted by atomic mass is 16.4. The maximum absolute atomic E-state index is 12.9. The molecule has 9 heteroatoms. The lowest BCUT2D eigenvalue weighted by Crippen LogP contribution is -2.53. The number of carbonyl (C=O) groups is 2. The van der Waals surface area contributed by atoms with E-state index in [-0.39, 0.29) is 12.4 Å². The monoisotopic (exact) mass is 436 g/mol. The van der Waals surface area contributed by atoms with Gasteiger partial charge in [-0.3, -0.25) is 9.48 Å². The molecule has 2 N–H and O–H groups in total. The molecule has 0 aliphatic rings. The zero-order chi connectivity index (χ0) is 23.3. The van der Waals surface area contributed by atoms with Gasteiger partial charge in [0.25, 0.3) is 5.91 Å². The SMILES string of the molecule is Cn1nccc1-c1cnc(C(=O)NC(Cc2ccccc2)CN(C(=O)O)C(C)(C)C)nc1. The van der Waals surface area contributed by atoms with E-state index in [4.69, 9.17) is 0 Å². The molecule has 0 radical (unpaired) electrons. The van der Waals surface area contributed by atoms with E-state index in [9.17, 15) is 14.7 Å². The minimum atomic E-state index is -1.04. The second kappa shape index (κ2) is 9.59. The van der Waals surface area contributed by atoms with Gasteiger partial charge in [0, 0.05) is 43.3 Å². The first-order chi connectivity index (χ1) is 15.1. The molecule has 1 atom stereocenters. The lowest BCUT2D eigenvalue weighted by atomic mass is 10.0. The van der Waals surface area contributed by atoms with Crippen molar-refractivity contribution in [2.24, 2.45) is 7.05 Å². The van der Waals surface area contributed by atoms with Gasteiger partial charge >= 0.3 is 6.09 Å². The van der Waals surface area contributed by atoms with Crippen molar-refractivity contribution in [3.63, 3.8) is 0 Å². The van der Waals surface area contributed by atoms with E-state index in [1.54, 1.807) is 23.3 Å². The zero-order valence-electron chi connectivity index (χ0n) is 18.7. The van der Waals surface area contributed by atoms with Crippen LogP contribution >= 0.6 is 0 Å². The van der Waals surface area contributed by atoms with Gasteiger partial charge < -0.3 is 15.3 Å². The molecular formula is C23H28N6O3. The highest BCUT2D eigenvalue weighted by Gasteiger charge is 2.30. The number of benzene rings is 1. The summed E-state index contributed by atoms with van der Waals surface area (Å²) in [5, 5.41) is 16.7. The van der Waals surface area contributed by atoms with Gasteiger partial charge in [-0.05, 0) is 38.8 Å². The fourth-order valence-electron chi connectivity index (χ4n) is 3.40. The minimum Gasteiger partial charge on any atom is -0.465 e. The fourth-order valence-corrected chi connectivity index (χ4v) is 3.40. The molecule has 168 valence electrons. The molecule has 0 fully saturated rings. The second-order valence-electron chi connectivity index (χ2n) is 8.56. The zero-order valence-corrected chi connectivity index (χ0v) is 18.7. The van der Waals surface area contributed by atoms with Gasteiger partial charge in [0.1, 0.15) is 0 Å². The Balaban J connectivity index is 1.79. The van der Waals surface area contributed by atoms with E-state index in [0.29, 0.717) is 6.42 Å². The molecule has 0 spiro atoms. The molecule has 1 aromatic carbocycles. The molecule has 9 nitrogen and oxygen atoms in total. The third-order valence-electron chi connectivity index (χ3n) is 5.08. The Kier molecular flexibility index (Phi) is 6.87. The number of hydrogen-bond acceptors (Lipinski definition) is 5. The van der Waals surface area contributed by atoms with E-state index in [1.807, 2.05) is 64.2 Å². The first kappa shape index (κ1) is 22.9. The third kappa shape index (κ3) is 5.69. The Morgan fingerprint density at radius 2 is 1.78 bits per heavy atom. The number of hydrogen-bond donors (Lipinski definition) is 2. The number of carbonyl (C=O) groups excluding carboxylic acids is 1. The van der Waals surface area contributed by atoms with E-state index < -0.39 is 23.6 Å². The minimum absolute atomic E-state index is 0.0200. The maximum Gasteiger partial charge on any atom is 0.407 e. The molecule has 0 saturated carbocycles. The Hall–Kier alpha value is -3.75.